The molecule has 21 heavy (non-hydrogen) atoms. The van der Waals surface area contributed by atoms with Crippen molar-refractivity contribution in [2.75, 3.05) is 18.5 Å². The first-order valence-corrected chi connectivity index (χ1v) is 7.04. The maximum atomic E-state index is 11.5. The Balaban J connectivity index is 2.24. The zero-order chi connectivity index (χ0) is 15.5. The van der Waals surface area contributed by atoms with E-state index in [4.69, 9.17) is 9.84 Å². The second kappa shape index (κ2) is 9.58. The third-order valence-electron chi connectivity index (χ3n) is 2.78. The van der Waals surface area contributed by atoms with Gasteiger partial charge in [-0.3, -0.25) is 0 Å². The van der Waals surface area contributed by atoms with E-state index in [9.17, 15) is 9.59 Å². The number of carbonyl (C=O) groups is 2. The molecule has 0 aromatic heterocycles. The SMILES string of the molecule is CCOC(=O)c1ccc(NCCCC/C=C/C(=O)O)cc1. The molecule has 0 saturated heterocycles. The number of ether oxygens (including phenoxy) is 1. The summed E-state index contributed by atoms with van der Waals surface area (Å²) in [5.41, 5.74) is 1.49. The van der Waals surface area contributed by atoms with Gasteiger partial charge in [-0.1, -0.05) is 6.08 Å². The molecule has 5 heteroatoms. The largest absolute Gasteiger partial charge is 0.478 e. The van der Waals surface area contributed by atoms with Crippen molar-refractivity contribution in [2.24, 2.45) is 0 Å². The molecule has 0 radical (unpaired) electrons. The van der Waals surface area contributed by atoms with E-state index in [2.05, 4.69) is 5.32 Å². The molecule has 1 aromatic rings. The third kappa shape index (κ3) is 7.15. The monoisotopic (exact) mass is 291 g/mol. The predicted octanol–water partition coefficient (Wildman–Crippen LogP) is 3.09. The minimum Gasteiger partial charge on any atom is -0.478 e. The van der Waals surface area contributed by atoms with Crippen LogP contribution in [0, 0.1) is 0 Å². The van der Waals surface area contributed by atoms with Gasteiger partial charge in [0.2, 0.25) is 0 Å². The van der Waals surface area contributed by atoms with Gasteiger partial charge in [0.15, 0.2) is 0 Å². The molecule has 0 spiro atoms. The van der Waals surface area contributed by atoms with Crippen LogP contribution in [0.2, 0.25) is 0 Å². The highest BCUT2D eigenvalue weighted by molar-refractivity contribution is 5.89. The molecule has 0 fully saturated rings. The lowest BCUT2D eigenvalue weighted by Gasteiger charge is -2.07. The quantitative estimate of drug-likeness (QED) is 0.415. The lowest BCUT2D eigenvalue weighted by atomic mass is 10.2. The number of carboxylic acid groups (broad SMARTS) is 1. The van der Waals surface area contributed by atoms with Crippen molar-refractivity contribution in [3.05, 3.63) is 42.0 Å². The van der Waals surface area contributed by atoms with Gasteiger partial charge in [0.1, 0.15) is 0 Å². The number of unbranched alkanes of at least 4 members (excludes halogenated alkanes) is 2. The Hall–Kier alpha value is -2.30. The number of anilines is 1. The number of hydrogen-bond acceptors (Lipinski definition) is 4. The highest BCUT2D eigenvalue weighted by Crippen LogP contribution is 2.11. The van der Waals surface area contributed by atoms with Crippen LogP contribution in [-0.4, -0.2) is 30.2 Å². The fourth-order valence-corrected chi connectivity index (χ4v) is 1.74. The summed E-state index contributed by atoms with van der Waals surface area (Å²) in [5, 5.41) is 11.7. The predicted molar refractivity (Wildman–Crippen MR) is 81.5 cm³/mol. The topological polar surface area (TPSA) is 75.6 Å². The standard InChI is InChI=1S/C16H21NO4/c1-2-21-16(20)13-8-10-14(11-9-13)17-12-6-4-3-5-7-15(18)19/h5,7-11,17H,2-4,6,12H2,1H3,(H,18,19)/b7-5+. The van der Waals surface area contributed by atoms with E-state index in [1.807, 2.05) is 12.1 Å². The Morgan fingerprint density at radius 3 is 2.57 bits per heavy atom. The number of esters is 1. The van der Waals surface area contributed by atoms with Crippen molar-refractivity contribution in [2.45, 2.75) is 26.2 Å². The summed E-state index contributed by atoms with van der Waals surface area (Å²) in [6.07, 6.45) is 5.47. The van der Waals surface area contributed by atoms with Crippen LogP contribution in [0.4, 0.5) is 5.69 Å². The number of hydrogen-bond donors (Lipinski definition) is 2. The summed E-state index contributed by atoms with van der Waals surface area (Å²) in [6.45, 7) is 2.95. The number of aliphatic carboxylic acids is 1. The molecule has 0 heterocycles. The molecule has 1 rings (SSSR count). The molecule has 0 amide bonds. The second-order valence-electron chi connectivity index (χ2n) is 4.46. The fourth-order valence-electron chi connectivity index (χ4n) is 1.74. The second-order valence-corrected chi connectivity index (χ2v) is 4.46. The number of carbonyl (C=O) groups excluding carboxylic acids is 1. The van der Waals surface area contributed by atoms with Gasteiger partial charge in [0, 0.05) is 18.3 Å². The summed E-state index contributed by atoms with van der Waals surface area (Å²) in [6, 6.07) is 7.15. The molecule has 1 aromatic carbocycles. The Labute approximate surface area is 124 Å². The van der Waals surface area contributed by atoms with Crippen LogP contribution < -0.4 is 5.32 Å². The van der Waals surface area contributed by atoms with Crippen molar-refractivity contribution in [3.8, 4) is 0 Å². The Morgan fingerprint density at radius 2 is 1.95 bits per heavy atom. The summed E-state index contributed by atoms with van der Waals surface area (Å²) in [7, 11) is 0. The molecule has 0 unspecified atom stereocenters. The molecule has 0 aliphatic rings. The number of carboxylic acids is 1. The van der Waals surface area contributed by atoms with Crippen LogP contribution in [-0.2, 0) is 9.53 Å². The van der Waals surface area contributed by atoms with Gasteiger partial charge in [-0.15, -0.1) is 0 Å². The first kappa shape index (κ1) is 16.8. The number of nitrogens with one attached hydrogen (secondary N) is 1. The van der Waals surface area contributed by atoms with E-state index in [0.29, 0.717) is 12.2 Å². The van der Waals surface area contributed by atoms with Crippen LogP contribution in [0.5, 0.6) is 0 Å². The summed E-state index contributed by atoms with van der Waals surface area (Å²) in [5.74, 6) is -1.22. The molecule has 0 aliphatic heterocycles. The highest BCUT2D eigenvalue weighted by Gasteiger charge is 2.04. The molecule has 0 bridgehead atoms. The maximum absolute atomic E-state index is 11.5. The lowest BCUT2D eigenvalue weighted by molar-refractivity contribution is -0.131. The van der Waals surface area contributed by atoms with Crippen molar-refractivity contribution >= 4 is 17.6 Å². The van der Waals surface area contributed by atoms with E-state index >= 15 is 0 Å². The molecule has 0 atom stereocenters. The Kier molecular flexibility index (Phi) is 7.64. The van der Waals surface area contributed by atoms with Crippen LogP contribution in [0.25, 0.3) is 0 Å². The van der Waals surface area contributed by atoms with Crippen LogP contribution in [0.15, 0.2) is 36.4 Å². The van der Waals surface area contributed by atoms with Crippen LogP contribution >= 0.6 is 0 Å². The van der Waals surface area contributed by atoms with Crippen LogP contribution in [0.1, 0.15) is 36.5 Å². The van der Waals surface area contributed by atoms with Crippen molar-refractivity contribution in [1.29, 1.82) is 0 Å². The Morgan fingerprint density at radius 1 is 1.24 bits per heavy atom. The highest BCUT2D eigenvalue weighted by atomic mass is 16.5. The van der Waals surface area contributed by atoms with Gasteiger partial charge in [0.05, 0.1) is 12.2 Å². The molecule has 0 aliphatic carbocycles. The number of benzene rings is 1. The van der Waals surface area contributed by atoms with Crippen molar-refractivity contribution in [1.82, 2.24) is 0 Å². The maximum Gasteiger partial charge on any atom is 0.338 e. The normalized spacial score (nSPS) is 10.5. The molecule has 2 N–H and O–H groups in total. The number of allylic oxidation sites excluding steroid dienone is 1. The van der Waals surface area contributed by atoms with Gasteiger partial charge >= 0.3 is 11.9 Å². The van der Waals surface area contributed by atoms with E-state index in [-0.39, 0.29) is 5.97 Å². The third-order valence-corrected chi connectivity index (χ3v) is 2.78. The number of rotatable bonds is 9. The van der Waals surface area contributed by atoms with Gasteiger partial charge in [-0.2, -0.15) is 0 Å². The molecule has 5 nitrogen and oxygen atoms in total. The van der Waals surface area contributed by atoms with Crippen LogP contribution in [0.3, 0.4) is 0 Å². The van der Waals surface area contributed by atoms with Gasteiger partial charge in [-0.25, -0.2) is 9.59 Å². The van der Waals surface area contributed by atoms with E-state index < -0.39 is 5.97 Å². The van der Waals surface area contributed by atoms with E-state index in [0.717, 1.165) is 31.5 Å². The first-order chi connectivity index (χ1) is 10.1. The zero-order valence-corrected chi connectivity index (χ0v) is 12.2. The average Bonchev–Trinajstić information content (AvgIpc) is 2.47. The molecular weight excluding hydrogens is 270 g/mol. The minimum absolute atomic E-state index is 0.311. The lowest BCUT2D eigenvalue weighted by Crippen LogP contribution is -2.05. The van der Waals surface area contributed by atoms with Gasteiger partial charge in [-0.05, 0) is 50.5 Å². The molecule has 0 saturated carbocycles. The minimum atomic E-state index is -0.908. The van der Waals surface area contributed by atoms with E-state index in [1.165, 1.54) is 6.08 Å². The zero-order valence-electron chi connectivity index (χ0n) is 12.2. The van der Waals surface area contributed by atoms with Gasteiger partial charge in [0.25, 0.3) is 0 Å². The summed E-state index contributed by atoms with van der Waals surface area (Å²) < 4.78 is 4.91. The van der Waals surface area contributed by atoms with E-state index in [1.54, 1.807) is 25.1 Å². The van der Waals surface area contributed by atoms with Gasteiger partial charge < -0.3 is 15.2 Å². The fraction of sp³-hybridized carbons (Fsp3) is 0.375. The first-order valence-electron chi connectivity index (χ1n) is 7.04. The molecule has 114 valence electrons. The van der Waals surface area contributed by atoms with Crippen molar-refractivity contribution < 1.29 is 19.4 Å². The summed E-state index contributed by atoms with van der Waals surface area (Å²) in [4.78, 5) is 21.7. The smallest absolute Gasteiger partial charge is 0.338 e. The average molecular weight is 291 g/mol. The van der Waals surface area contributed by atoms with Crippen molar-refractivity contribution in [3.63, 3.8) is 0 Å². The molecular formula is C16H21NO4. The summed E-state index contributed by atoms with van der Waals surface area (Å²) >= 11 is 0. The Bertz CT molecular complexity index is 480.